The van der Waals surface area contributed by atoms with Crippen molar-refractivity contribution in [1.29, 1.82) is 0 Å². The van der Waals surface area contributed by atoms with Gasteiger partial charge in [-0.2, -0.15) is 0 Å². The zero-order valence-corrected chi connectivity index (χ0v) is 8.40. The van der Waals surface area contributed by atoms with Crippen molar-refractivity contribution >= 4 is 18.4 Å². The van der Waals surface area contributed by atoms with E-state index in [9.17, 15) is 9.18 Å². The number of rotatable bonds is 2. The molecule has 1 rings (SSSR count). The first-order valence-corrected chi connectivity index (χ1v) is 4.08. The van der Waals surface area contributed by atoms with E-state index in [2.05, 4.69) is 4.74 Å². The van der Waals surface area contributed by atoms with Gasteiger partial charge in [-0.25, -0.2) is 4.39 Å². The highest BCUT2D eigenvalue weighted by atomic mass is 35.5. The van der Waals surface area contributed by atoms with Gasteiger partial charge < -0.3 is 10.5 Å². The number of methoxy groups -OCH3 is 1. The van der Waals surface area contributed by atoms with Gasteiger partial charge in [-0.3, -0.25) is 4.79 Å². The molecule has 0 aliphatic heterocycles. The van der Waals surface area contributed by atoms with E-state index >= 15 is 0 Å². The van der Waals surface area contributed by atoms with Crippen LogP contribution in [-0.2, 0) is 9.53 Å². The largest absolute Gasteiger partial charge is 0.469 e. The van der Waals surface area contributed by atoms with Crippen molar-refractivity contribution in [3.8, 4) is 0 Å². The van der Waals surface area contributed by atoms with Gasteiger partial charge in [-0.1, -0.05) is 0 Å². The Bertz CT molecular complexity index is 191. The number of alkyl halides is 1. The van der Waals surface area contributed by atoms with E-state index in [4.69, 9.17) is 5.73 Å². The standard InChI is InChI=1S/C8H14FNO2.ClH/c1-12-7(11)6-2-3-8(9,4-6)5-10;/h6H,2-5,10H2,1H3;1H/t6-,8+;/m1./s1. The molecule has 2 atom stereocenters. The predicted octanol–water partition coefficient (Wildman–Crippen LogP) is 1.05. The molecule has 0 radical (unpaired) electrons. The second-order valence-electron chi connectivity index (χ2n) is 3.32. The van der Waals surface area contributed by atoms with Crippen LogP contribution in [0.5, 0.6) is 0 Å². The molecular weight excluding hydrogens is 197 g/mol. The highest BCUT2D eigenvalue weighted by Crippen LogP contribution is 2.37. The third-order valence-corrected chi connectivity index (χ3v) is 2.45. The summed E-state index contributed by atoms with van der Waals surface area (Å²) in [5.74, 6) is -0.605. The van der Waals surface area contributed by atoms with Gasteiger partial charge in [-0.05, 0) is 19.3 Å². The lowest BCUT2D eigenvalue weighted by molar-refractivity contribution is -0.145. The third kappa shape index (κ3) is 2.81. The van der Waals surface area contributed by atoms with Crippen molar-refractivity contribution in [3.05, 3.63) is 0 Å². The summed E-state index contributed by atoms with van der Waals surface area (Å²) < 4.78 is 18.0. The minimum atomic E-state index is -1.33. The first-order chi connectivity index (χ1) is 5.61. The zero-order chi connectivity index (χ0) is 9.19. The number of halogens is 2. The highest BCUT2D eigenvalue weighted by Gasteiger charge is 2.41. The molecule has 2 N–H and O–H groups in total. The van der Waals surface area contributed by atoms with Crippen LogP contribution in [0.2, 0.25) is 0 Å². The summed E-state index contributed by atoms with van der Waals surface area (Å²) in [6.45, 7) is 0.000490. The smallest absolute Gasteiger partial charge is 0.308 e. The maximum atomic E-state index is 13.5. The molecule has 5 heteroatoms. The van der Waals surface area contributed by atoms with Gasteiger partial charge in [0.15, 0.2) is 0 Å². The van der Waals surface area contributed by atoms with E-state index in [1.807, 2.05) is 0 Å². The van der Waals surface area contributed by atoms with Crippen molar-refractivity contribution in [1.82, 2.24) is 0 Å². The number of ether oxygens (including phenoxy) is 1. The summed E-state index contributed by atoms with van der Waals surface area (Å²) in [7, 11) is 1.32. The maximum absolute atomic E-state index is 13.5. The fourth-order valence-electron chi connectivity index (χ4n) is 1.63. The summed E-state index contributed by atoms with van der Waals surface area (Å²) in [5.41, 5.74) is 3.91. The highest BCUT2D eigenvalue weighted by molar-refractivity contribution is 5.85. The molecule has 0 aromatic rings. The van der Waals surface area contributed by atoms with E-state index in [0.29, 0.717) is 12.8 Å². The van der Waals surface area contributed by atoms with Gasteiger partial charge in [0, 0.05) is 6.54 Å². The second-order valence-corrected chi connectivity index (χ2v) is 3.32. The Morgan fingerprint density at radius 3 is 2.77 bits per heavy atom. The van der Waals surface area contributed by atoms with Crippen molar-refractivity contribution < 1.29 is 13.9 Å². The summed E-state index contributed by atoms with van der Waals surface area (Å²) >= 11 is 0. The summed E-state index contributed by atoms with van der Waals surface area (Å²) in [6.07, 6.45) is 1.15. The molecule has 0 bridgehead atoms. The van der Waals surface area contributed by atoms with Gasteiger partial charge in [0.25, 0.3) is 0 Å². The van der Waals surface area contributed by atoms with Crippen LogP contribution in [0.1, 0.15) is 19.3 Å². The molecular formula is C8H15ClFNO2. The summed E-state index contributed by atoms with van der Waals surface area (Å²) in [6, 6.07) is 0. The predicted molar refractivity (Wildman–Crippen MR) is 49.5 cm³/mol. The topological polar surface area (TPSA) is 52.3 Å². The van der Waals surface area contributed by atoms with Gasteiger partial charge in [0.1, 0.15) is 5.67 Å². The lowest BCUT2D eigenvalue weighted by atomic mass is 10.0. The number of hydrogen-bond acceptors (Lipinski definition) is 3. The summed E-state index contributed by atoms with van der Waals surface area (Å²) in [4.78, 5) is 11.0. The Morgan fingerprint density at radius 1 is 1.77 bits per heavy atom. The van der Waals surface area contributed by atoms with Crippen LogP contribution in [0.15, 0.2) is 0 Å². The van der Waals surface area contributed by atoms with Crippen LogP contribution >= 0.6 is 12.4 Å². The van der Waals surface area contributed by atoms with Gasteiger partial charge >= 0.3 is 5.97 Å². The number of nitrogens with two attached hydrogens (primary N) is 1. The van der Waals surface area contributed by atoms with E-state index < -0.39 is 5.67 Å². The van der Waals surface area contributed by atoms with E-state index in [0.717, 1.165) is 0 Å². The molecule has 78 valence electrons. The number of carbonyl (C=O) groups is 1. The fourth-order valence-corrected chi connectivity index (χ4v) is 1.63. The monoisotopic (exact) mass is 211 g/mol. The van der Waals surface area contributed by atoms with Gasteiger partial charge in [-0.15, -0.1) is 12.4 Å². The summed E-state index contributed by atoms with van der Waals surface area (Å²) in [5, 5.41) is 0. The second kappa shape index (κ2) is 4.77. The number of carbonyl (C=O) groups excluding carboxylic acids is 1. The minimum absolute atomic E-state index is 0. The zero-order valence-electron chi connectivity index (χ0n) is 7.59. The molecule has 0 aromatic carbocycles. The van der Waals surface area contributed by atoms with E-state index in [1.54, 1.807) is 0 Å². The molecule has 1 fully saturated rings. The SMILES string of the molecule is COC(=O)[C@@H]1CC[C@@](F)(CN)C1.Cl. The van der Waals surface area contributed by atoms with Crippen molar-refractivity contribution in [2.45, 2.75) is 24.9 Å². The van der Waals surface area contributed by atoms with Gasteiger partial charge in [0.05, 0.1) is 13.0 Å². The lowest BCUT2D eigenvalue weighted by Crippen LogP contribution is -2.30. The normalized spacial score (nSPS) is 32.4. The molecule has 0 unspecified atom stereocenters. The Labute approximate surface area is 83.2 Å². The Kier molecular flexibility index (Phi) is 4.64. The third-order valence-electron chi connectivity index (χ3n) is 2.45. The van der Waals surface area contributed by atoms with Crippen LogP contribution in [0.4, 0.5) is 4.39 Å². The van der Waals surface area contributed by atoms with Crippen molar-refractivity contribution in [3.63, 3.8) is 0 Å². The molecule has 1 saturated carbocycles. The van der Waals surface area contributed by atoms with Crippen LogP contribution < -0.4 is 5.73 Å². The molecule has 0 saturated heterocycles. The molecule has 13 heavy (non-hydrogen) atoms. The van der Waals surface area contributed by atoms with Crippen molar-refractivity contribution in [2.24, 2.45) is 11.7 Å². The first-order valence-electron chi connectivity index (χ1n) is 4.08. The number of esters is 1. The van der Waals surface area contributed by atoms with Crippen LogP contribution in [0, 0.1) is 5.92 Å². The Morgan fingerprint density at radius 2 is 2.38 bits per heavy atom. The average Bonchev–Trinajstić information content (AvgIpc) is 2.48. The Balaban J connectivity index is 0.00000144. The lowest BCUT2D eigenvalue weighted by Gasteiger charge is -2.15. The van der Waals surface area contributed by atoms with Crippen LogP contribution in [0.3, 0.4) is 0 Å². The Hall–Kier alpha value is -0.350. The van der Waals surface area contributed by atoms with Crippen LogP contribution in [-0.4, -0.2) is 25.3 Å². The van der Waals surface area contributed by atoms with E-state index in [-0.39, 0.29) is 37.3 Å². The van der Waals surface area contributed by atoms with E-state index in [1.165, 1.54) is 7.11 Å². The maximum Gasteiger partial charge on any atom is 0.308 e. The molecule has 0 heterocycles. The van der Waals surface area contributed by atoms with Crippen molar-refractivity contribution in [2.75, 3.05) is 13.7 Å². The minimum Gasteiger partial charge on any atom is -0.469 e. The molecule has 1 aliphatic carbocycles. The first kappa shape index (κ1) is 12.7. The van der Waals surface area contributed by atoms with Crippen LogP contribution in [0.25, 0.3) is 0 Å². The molecule has 0 aromatic heterocycles. The molecule has 3 nitrogen and oxygen atoms in total. The fraction of sp³-hybridized carbons (Fsp3) is 0.875. The molecule has 0 amide bonds. The average molecular weight is 212 g/mol. The molecule has 0 spiro atoms. The van der Waals surface area contributed by atoms with Gasteiger partial charge in [0.2, 0.25) is 0 Å². The number of hydrogen-bond donors (Lipinski definition) is 1. The quantitative estimate of drug-likeness (QED) is 0.695. The molecule has 1 aliphatic rings.